The molecule has 5 nitrogen and oxygen atoms in total. The van der Waals surface area contributed by atoms with Gasteiger partial charge >= 0.3 is 0 Å². The molecule has 0 bridgehead atoms. The quantitative estimate of drug-likeness (QED) is 0.774. The van der Waals surface area contributed by atoms with Crippen molar-refractivity contribution in [3.05, 3.63) is 66.0 Å². The third-order valence-corrected chi connectivity index (χ3v) is 6.30. The fourth-order valence-corrected chi connectivity index (χ4v) is 4.84. The van der Waals surface area contributed by atoms with Gasteiger partial charge < -0.3 is 9.64 Å². The Hall–Kier alpha value is -2.24. The summed E-state index contributed by atoms with van der Waals surface area (Å²) in [5.74, 6) is 0.426. The lowest BCUT2D eigenvalue weighted by Gasteiger charge is -2.35. The number of hydrogen-bond donors (Lipinski definition) is 0. The minimum atomic E-state index is -0.655. The van der Waals surface area contributed by atoms with Crippen LogP contribution in [-0.2, 0) is 14.9 Å². The van der Waals surface area contributed by atoms with Gasteiger partial charge in [0, 0.05) is 44.5 Å². The van der Waals surface area contributed by atoms with Gasteiger partial charge in [0.1, 0.15) is 5.41 Å². The Morgan fingerprint density at radius 3 is 2.54 bits per heavy atom. The zero-order valence-electron chi connectivity index (χ0n) is 16.6. The number of rotatable bonds is 6. The zero-order chi connectivity index (χ0) is 19.4. The molecule has 2 aromatic rings. The van der Waals surface area contributed by atoms with Crippen LogP contribution < -0.4 is 0 Å². The van der Waals surface area contributed by atoms with Crippen LogP contribution >= 0.6 is 0 Å². The second-order valence-electron chi connectivity index (χ2n) is 7.70. The first kappa shape index (κ1) is 19.1. The molecule has 1 amide bonds. The number of morpholine rings is 1. The molecule has 0 saturated carbocycles. The van der Waals surface area contributed by atoms with Gasteiger partial charge in [-0.1, -0.05) is 36.4 Å². The number of pyridine rings is 1. The summed E-state index contributed by atoms with van der Waals surface area (Å²) in [4.78, 5) is 22.6. The highest BCUT2D eigenvalue weighted by atomic mass is 16.5. The van der Waals surface area contributed by atoms with E-state index in [1.54, 1.807) is 6.20 Å². The summed E-state index contributed by atoms with van der Waals surface area (Å²) in [5.41, 5.74) is 1.43. The van der Waals surface area contributed by atoms with Gasteiger partial charge in [-0.2, -0.15) is 0 Å². The summed E-state index contributed by atoms with van der Waals surface area (Å²) in [6.07, 6.45) is 4.64. The Labute approximate surface area is 167 Å². The maximum atomic E-state index is 13.8. The Bertz CT molecular complexity index is 735. The van der Waals surface area contributed by atoms with Crippen molar-refractivity contribution in [3.8, 4) is 0 Å². The van der Waals surface area contributed by atoms with E-state index in [4.69, 9.17) is 4.74 Å². The Morgan fingerprint density at radius 2 is 1.86 bits per heavy atom. The van der Waals surface area contributed by atoms with Crippen molar-refractivity contribution in [2.75, 3.05) is 45.9 Å². The van der Waals surface area contributed by atoms with Crippen molar-refractivity contribution >= 4 is 5.91 Å². The maximum Gasteiger partial charge on any atom is 0.238 e. The van der Waals surface area contributed by atoms with Crippen molar-refractivity contribution < 1.29 is 9.53 Å². The normalized spacial score (nSPS) is 26.0. The second-order valence-corrected chi connectivity index (χ2v) is 7.70. The number of nitrogens with zero attached hydrogens (tertiary/aromatic N) is 3. The highest BCUT2D eigenvalue weighted by Gasteiger charge is 2.55. The molecule has 4 rings (SSSR count). The van der Waals surface area contributed by atoms with E-state index in [0.717, 1.165) is 63.5 Å². The van der Waals surface area contributed by atoms with Gasteiger partial charge in [0.2, 0.25) is 5.91 Å². The molecule has 2 aliphatic heterocycles. The lowest BCUT2D eigenvalue weighted by Crippen LogP contribution is -2.44. The van der Waals surface area contributed by atoms with Crippen LogP contribution in [0.1, 0.15) is 24.5 Å². The molecule has 1 aromatic carbocycles. The van der Waals surface area contributed by atoms with Gasteiger partial charge in [-0.3, -0.25) is 14.7 Å². The summed E-state index contributed by atoms with van der Waals surface area (Å²) >= 11 is 0. The maximum absolute atomic E-state index is 13.8. The minimum Gasteiger partial charge on any atom is -0.379 e. The fraction of sp³-hybridized carbons (Fsp3) is 0.478. The number of likely N-dealkylation sites (tertiary alicyclic amines) is 1. The molecule has 0 unspecified atom stereocenters. The highest BCUT2D eigenvalue weighted by Crippen LogP contribution is 2.47. The Balaban J connectivity index is 1.74. The van der Waals surface area contributed by atoms with Crippen molar-refractivity contribution in [1.29, 1.82) is 0 Å². The molecule has 5 heteroatoms. The van der Waals surface area contributed by atoms with Crippen LogP contribution in [0.4, 0.5) is 0 Å². The SMILES string of the molecule is CCN1C[C@H](CCN2CCOCC2)[C@](c2ccccc2)(c2cccnc2)C1=O. The number of carbonyl (C=O) groups is 1. The lowest BCUT2D eigenvalue weighted by atomic mass is 9.66. The number of carbonyl (C=O) groups excluding carboxylic acids is 1. The van der Waals surface area contributed by atoms with E-state index >= 15 is 0 Å². The van der Waals surface area contributed by atoms with E-state index in [1.807, 2.05) is 35.4 Å². The first-order valence-corrected chi connectivity index (χ1v) is 10.3. The predicted octanol–water partition coefficient (Wildman–Crippen LogP) is 2.57. The molecule has 2 aliphatic rings. The Morgan fingerprint density at radius 1 is 1.11 bits per heavy atom. The van der Waals surface area contributed by atoms with Crippen LogP contribution in [0.3, 0.4) is 0 Å². The average Bonchev–Trinajstić information content (AvgIpc) is 3.06. The van der Waals surface area contributed by atoms with Crippen molar-refractivity contribution in [2.45, 2.75) is 18.8 Å². The number of amides is 1. The summed E-state index contributed by atoms with van der Waals surface area (Å²) in [6.45, 7) is 8.15. The molecule has 0 radical (unpaired) electrons. The highest BCUT2D eigenvalue weighted by molar-refractivity contribution is 5.94. The van der Waals surface area contributed by atoms with Crippen molar-refractivity contribution in [1.82, 2.24) is 14.8 Å². The lowest BCUT2D eigenvalue weighted by molar-refractivity contribution is -0.131. The average molecular weight is 380 g/mol. The summed E-state index contributed by atoms with van der Waals surface area (Å²) in [7, 11) is 0. The van der Waals surface area contributed by atoms with Crippen molar-refractivity contribution in [3.63, 3.8) is 0 Å². The molecule has 28 heavy (non-hydrogen) atoms. The summed E-state index contributed by atoms with van der Waals surface area (Å²) in [5, 5.41) is 0. The van der Waals surface area contributed by atoms with E-state index in [-0.39, 0.29) is 11.8 Å². The minimum absolute atomic E-state index is 0.209. The predicted molar refractivity (Wildman–Crippen MR) is 109 cm³/mol. The molecule has 0 N–H and O–H groups in total. The monoisotopic (exact) mass is 379 g/mol. The smallest absolute Gasteiger partial charge is 0.238 e. The molecule has 0 spiro atoms. The van der Waals surface area contributed by atoms with Crippen molar-refractivity contribution in [2.24, 2.45) is 5.92 Å². The first-order valence-electron chi connectivity index (χ1n) is 10.3. The van der Waals surface area contributed by atoms with E-state index in [9.17, 15) is 4.79 Å². The molecule has 1 aromatic heterocycles. The number of ether oxygens (including phenoxy) is 1. The van der Waals surface area contributed by atoms with Crippen LogP contribution in [-0.4, -0.2) is 66.6 Å². The molecule has 2 atom stereocenters. The van der Waals surface area contributed by atoms with Crippen LogP contribution in [0.5, 0.6) is 0 Å². The molecular formula is C23H29N3O2. The van der Waals surface area contributed by atoms with Crippen LogP contribution in [0.15, 0.2) is 54.9 Å². The van der Waals surface area contributed by atoms with E-state index in [0.29, 0.717) is 0 Å². The van der Waals surface area contributed by atoms with Gasteiger partial charge in [0.15, 0.2) is 0 Å². The van der Waals surface area contributed by atoms with E-state index in [1.165, 1.54) is 0 Å². The topological polar surface area (TPSA) is 45.7 Å². The molecule has 3 heterocycles. The number of aromatic nitrogens is 1. The number of likely N-dealkylation sites (N-methyl/N-ethyl adjacent to an activating group) is 1. The summed E-state index contributed by atoms with van der Waals surface area (Å²) < 4.78 is 5.49. The fourth-order valence-electron chi connectivity index (χ4n) is 4.84. The third-order valence-electron chi connectivity index (χ3n) is 6.30. The van der Waals surface area contributed by atoms with Crippen LogP contribution in [0, 0.1) is 5.92 Å². The van der Waals surface area contributed by atoms with Crippen LogP contribution in [0.25, 0.3) is 0 Å². The molecule has 148 valence electrons. The Kier molecular flexibility index (Phi) is 5.74. The number of hydrogen-bond acceptors (Lipinski definition) is 4. The van der Waals surface area contributed by atoms with Gasteiger partial charge in [0.05, 0.1) is 13.2 Å². The van der Waals surface area contributed by atoms with E-state index in [2.05, 4.69) is 35.0 Å². The van der Waals surface area contributed by atoms with E-state index < -0.39 is 5.41 Å². The molecule has 0 aliphatic carbocycles. The summed E-state index contributed by atoms with van der Waals surface area (Å²) in [6, 6.07) is 14.3. The number of benzene rings is 1. The van der Waals surface area contributed by atoms with Crippen LogP contribution in [0.2, 0.25) is 0 Å². The van der Waals surface area contributed by atoms with Gasteiger partial charge in [0.25, 0.3) is 0 Å². The van der Waals surface area contributed by atoms with Gasteiger partial charge in [-0.05, 0) is 37.1 Å². The standard InChI is InChI=1S/C23H29N3O2/c1-2-26-18-21(10-12-25-13-15-28-16-14-25)23(22(26)27,19-7-4-3-5-8-19)20-9-6-11-24-17-20/h3-9,11,17,21H,2,10,12-16,18H2,1H3/t21-,23-/m0/s1. The molecule has 2 fully saturated rings. The first-order chi connectivity index (χ1) is 13.8. The molecule has 2 saturated heterocycles. The zero-order valence-corrected chi connectivity index (χ0v) is 16.6. The third kappa shape index (κ3) is 3.33. The van der Waals surface area contributed by atoms with Gasteiger partial charge in [-0.15, -0.1) is 0 Å². The molecular weight excluding hydrogens is 350 g/mol. The van der Waals surface area contributed by atoms with Gasteiger partial charge in [-0.25, -0.2) is 0 Å². The largest absolute Gasteiger partial charge is 0.379 e. The second kappa shape index (κ2) is 8.41.